The number of hydrogen-bond donors (Lipinski definition) is 4. The second-order valence-corrected chi connectivity index (χ2v) is 33.1. The zero-order chi connectivity index (χ0) is 80.7. The molecular weight excluding hydrogens is 1570 g/mol. The van der Waals surface area contributed by atoms with Crippen molar-refractivity contribution in [2.45, 2.75) is 98.5 Å². The van der Waals surface area contributed by atoms with E-state index in [0.29, 0.717) is 71.2 Å². The summed E-state index contributed by atoms with van der Waals surface area (Å²) in [6.07, 6.45) is 12.4. The van der Waals surface area contributed by atoms with E-state index in [-0.39, 0.29) is 70.2 Å². The maximum Gasteiger partial charge on any atom is 0.697 e. The molecule has 8 heterocycles. The summed E-state index contributed by atoms with van der Waals surface area (Å²) >= 11 is 3.28. The molecule has 8 aromatic rings. The zero-order valence-corrected chi connectivity index (χ0v) is 68.1. The van der Waals surface area contributed by atoms with Crippen LogP contribution in [0, 0.1) is 52.2 Å². The molecule has 6 N–H and O–H groups in total. The number of nitrogens with one attached hydrogen (secondary N) is 2. The minimum absolute atomic E-state index is 0.0946. The molecule has 0 aliphatic rings. The number of aryl methyl sites for hydroxylation is 1. The van der Waals surface area contributed by atoms with Gasteiger partial charge in [-0.25, -0.2) is 34.9 Å². The summed E-state index contributed by atoms with van der Waals surface area (Å²) in [6.45, 7) is 20.6. The number of alkyl halides is 1. The first-order valence-electron chi connectivity index (χ1n) is 33.4. The highest BCUT2D eigenvalue weighted by Gasteiger charge is 2.48. The van der Waals surface area contributed by atoms with Crippen LogP contribution in [0.25, 0.3) is 0 Å². The second kappa shape index (κ2) is 51.1. The maximum atomic E-state index is 13.5. The van der Waals surface area contributed by atoms with Gasteiger partial charge in [0.1, 0.15) is 120 Å². The highest BCUT2D eigenvalue weighted by atomic mass is 79.9. The van der Waals surface area contributed by atoms with Crippen LogP contribution in [0.3, 0.4) is 0 Å². The topological polar surface area (TPSA) is 478 Å². The summed E-state index contributed by atoms with van der Waals surface area (Å²) in [4.78, 5) is 42.9. The number of primary amides is 1. The first-order valence-corrected chi connectivity index (χ1v) is 43.1. The lowest BCUT2D eigenvalue weighted by Gasteiger charge is -2.31. The van der Waals surface area contributed by atoms with Crippen LogP contribution in [0.15, 0.2) is 147 Å². The third-order valence-electron chi connectivity index (χ3n) is 13.0. The number of ether oxygens (including phenoxy) is 3. The van der Waals surface area contributed by atoms with E-state index < -0.39 is 55.1 Å². The van der Waals surface area contributed by atoms with Crippen molar-refractivity contribution in [3.63, 3.8) is 0 Å². The number of anilines is 3. The van der Waals surface area contributed by atoms with Gasteiger partial charge in [0.25, 0.3) is 5.91 Å². The molecule has 582 valence electrons. The average Bonchev–Trinajstić information content (AvgIpc) is 0.794. The first kappa shape index (κ1) is 93.8. The molecular formula is C70H89BrN16O17P5+. The molecule has 0 spiro atoms. The number of amides is 1. The predicted molar refractivity (Wildman–Crippen MR) is 414 cm³/mol. The number of rotatable bonds is 35. The first-order chi connectivity index (χ1) is 52.2. The fourth-order valence-corrected chi connectivity index (χ4v) is 19.4. The Labute approximate surface area is 644 Å². The van der Waals surface area contributed by atoms with Gasteiger partial charge in [0.05, 0.1) is 39.6 Å². The number of nitrogens with two attached hydrogens (primary N) is 2. The third-order valence-corrected chi connectivity index (χ3v) is 26.3. The van der Waals surface area contributed by atoms with Crippen LogP contribution in [0.1, 0.15) is 116 Å². The molecule has 8 rings (SSSR count). The maximum absolute atomic E-state index is 13.5. The Morgan fingerprint density at radius 2 is 0.789 bits per heavy atom. The summed E-state index contributed by atoms with van der Waals surface area (Å²) < 4.78 is 123. The van der Waals surface area contributed by atoms with Gasteiger partial charge in [-0.3, -0.25) is 28.0 Å². The Morgan fingerprint density at radius 3 is 1.13 bits per heavy atom. The van der Waals surface area contributed by atoms with E-state index in [4.69, 9.17) is 73.9 Å². The Balaban J connectivity index is 0.000000370. The standard InChI is InChI=1S/C20H30N4O7P2.C20H28N4O6P2.C12H10N4O.C7H5BrN2.C7H6N2.C4H10O3P/c1-5-29-32(4,26)20(33(27,30-6-2)31-7-3)24-18-13-16(9-11-23-18)28-14-15-8-10-22-17(12-15)19(21)25;1-5-28-31(4,25)20(32(26,29-6-2)30-7-3)24-19-13-18(9-11-23-19)27-15-16-8-10-22-17(12-16)14-21;13-7-10-5-9(1-3-15-10)8-17-11-2-4-16-12(14)6-11;8-4-6-1-2-10-7(3-6)5-9;1-6-2-3-9-7(4-6)5-8;1-3-6-8(5)7-4-2/h8-13,20H,5-7,14H2,1-4H3,(H2,21,25)(H,23,24);8-13,20H,5-7,15H2,1-4H3,(H,23,24);1-6H,8H2,(H2,14,16);1-3H,4H2;2-4H,1H3;3-4H2,1-2H3/q;;;;;+1. The van der Waals surface area contributed by atoms with Crippen molar-refractivity contribution in [2.24, 2.45) is 5.73 Å². The Hall–Kier alpha value is -9.39. The molecule has 4 unspecified atom stereocenters. The van der Waals surface area contributed by atoms with E-state index in [1.807, 2.05) is 43.3 Å². The molecule has 33 nitrogen and oxygen atoms in total. The van der Waals surface area contributed by atoms with Gasteiger partial charge in [-0.1, -0.05) is 15.9 Å². The third kappa shape index (κ3) is 35.2. The quantitative estimate of drug-likeness (QED) is 0.0212. The molecule has 0 radical (unpaired) electrons. The van der Waals surface area contributed by atoms with Crippen molar-refractivity contribution in [1.29, 1.82) is 21.0 Å². The minimum Gasteiger partial charge on any atom is -0.489 e. The normalized spacial score (nSPS) is 12.2. The van der Waals surface area contributed by atoms with Crippen LogP contribution in [0.2, 0.25) is 0 Å². The highest BCUT2D eigenvalue weighted by molar-refractivity contribution is 9.08. The molecule has 0 aromatic carbocycles. The summed E-state index contributed by atoms with van der Waals surface area (Å²) in [5.74, 6) is 1.82. The number of carbonyl (C=O) groups excluding carboxylic acids is 1. The van der Waals surface area contributed by atoms with Gasteiger partial charge < -0.3 is 63.5 Å². The van der Waals surface area contributed by atoms with Crippen LogP contribution in [0.5, 0.6) is 17.2 Å². The number of nitriles is 4. The average molecular weight is 1660 g/mol. The molecule has 8 aromatic heterocycles. The lowest BCUT2D eigenvalue weighted by molar-refractivity contribution is 0.0995. The SMILES string of the molecule is CCOP(C)(=O)C(Nc1cc(OCc2ccnc(C#N)c2)ccn1)P(=O)(OCC)OCC.CCOP(C)(=O)C(Nc1cc(OCc2ccnc(C(N)=O)c2)ccn1)P(=O)(OCC)OCC.CCO[P+](=O)OCC.Cc1ccnc(C#N)c1.N#Cc1cc(CBr)ccn1.N#Cc1cc(COc2ccnc(N)c2)ccn1. The molecule has 0 saturated heterocycles. The number of carbonyl (C=O) groups is 1. The number of halogens is 1. The number of hydrogen-bond acceptors (Lipinski definition) is 32. The Morgan fingerprint density at radius 1 is 0.459 bits per heavy atom. The van der Waals surface area contributed by atoms with E-state index in [9.17, 15) is 27.6 Å². The summed E-state index contributed by atoms with van der Waals surface area (Å²) in [6, 6.07) is 35.0. The van der Waals surface area contributed by atoms with Gasteiger partial charge in [0.15, 0.2) is 0 Å². The van der Waals surface area contributed by atoms with Crippen molar-refractivity contribution in [2.75, 3.05) is 82.6 Å². The van der Waals surface area contributed by atoms with Crippen LogP contribution >= 0.6 is 54.1 Å². The van der Waals surface area contributed by atoms with Crippen molar-refractivity contribution >= 4 is 77.5 Å². The Kier molecular flexibility index (Phi) is 44.0. The number of pyridine rings is 8. The largest absolute Gasteiger partial charge is 0.697 e. The van der Waals surface area contributed by atoms with Crippen molar-refractivity contribution in [3.8, 4) is 41.5 Å². The molecule has 0 bridgehead atoms. The molecule has 1 amide bonds. The van der Waals surface area contributed by atoms with Crippen molar-refractivity contribution in [1.82, 2.24) is 39.9 Å². The molecule has 0 fully saturated rings. The zero-order valence-electron chi connectivity index (χ0n) is 62.1. The molecule has 39 heteroatoms. The summed E-state index contributed by atoms with van der Waals surface area (Å²) in [5, 5.41) is 41.1. The van der Waals surface area contributed by atoms with E-state index in [2.05, 4.69) is 75.5 Å². The van der Waals surface area contributed by atoms with Crippen molar-refractivity contribution < 1.29 is 78.0 Å². The minimum atomic E-state index is -3.87. The summed E-state index contributed by atoms with van der Waals surface area (Å²) in [7, 11) is -16.5. The van der Waals surface area contributed by atoms with Crippen molar-refractivity contribution in [3.05, 3.63) is 203 Å². The van der Waals surface area contributed by atoms with E-state index in [0.717, 1.165) is 27.6 Å². The molecule has 0 saturated carbocycles. The molecule has 109 heavy (non-hydrogen) atoms. The fraction of sp³-hybridized carbons (Fsp3) is 0.357. The van der Waals surface area contributed by atoms with Crippen LogP contribution in [-0.2, 0) is 84.2 Å². The predicted octanol–water partition coefficient (Wildman–Crippen LogP) is 15.2. The van der Waals surface area contributed by atoms with Crippen LogP contribution in [-0.4, -0.2) is 123 Å². The van der Waals surface area contributed by atoms with E-state index in [1.54, 1.807) is 159 Å². The monoisotopic (exact) mass is 1660 g/mol. The van der Waals surface area contributed by atoms with Gasteiger partial charge in [-0.2, -0.15) is 21.0 Å². The fourth-order valence-electron chi connectivity index (χ4n) is 8.49. The molecule has 4 atom stereocenters. The number of nitrogen functional groups attached to an aromatic ring is 1. The molecule has 0 aliphatic heterocycles. The van der Waals surface area contributed by atoms with Gasteiger partial charge in [0, 0.05) is 91.0 Å². The Bertz CT molecular complexity index is 4510. The number of aromatic nitrogens is 8. The van der Waals surface area contributed by atoms with E-state index in [1.165, 1.54) is 44.2 Å². The number of nitrogens with zero attached hydrogens (tertiary/aromatic N) is 12. The van der Waals surface area contributed by atoms with Gasteiger partial charge >= 0.3 is 23.4 Å². The lowest BCUT2D eigenvalue weighted by atomic mass is 10.2. The highest BCUT2D eigenvalue weighted by Crippen LogP contribution is 2.69. The van der Waals surface area contributed by atoms with Crippen LogP contribution < -0.4 is 36.3 Å². The van der Waals surface area contributed by atoms with E-state index >= 15 is 0 Å². The molecule has 0 aliphatic carbocycles. The van der Waals surface area contributed by atoms with Crippen LogP contribution in [0.4, 0.5) is 17.5 Å². The smallest absolute Gasteiger partial charge is 0.489 e. The van der Waals surface area contributed by atoms with Gasteiger partial charge in [-0.15, -0.1) is 9.05 Å². The van der Waals surface area contributed by atoms with Gasteiger partial charge in [-0.05, 0) is 169 Å². The van der Waals surface area contributed by atoms with Gasteiger partial charge in [0.2, 0.25) is 25.8 Å². The lowest BCUT2D eigenvalue weighted by Crippen LogP contribution is -2.24. The second-order valence-electron chi connectivity index (χ2n) is 21.4. The summed E-state index contributed by atoms with van der Waals surface area (Å²) in [5.41, 5.74) is 14.5.